The number of amides is 1. The summed E-state index contributed by atoms with van der Waals surface area (Å²) >= 11 is 1.39. The van der Waals surface area contributed by atoms with Crippen LogP contribution in [-0.2, 0) is 0 Å². The highest BCUT2D eigenvalue weighted by atomic mass is 32.1. The molecule has 0 saturated carbocycles. The largest absolute Gasteiger partial charge is 0.340 e. The van der Waals surface area contributed by atoms with Gasteiger partial charge < -0.3 is 10.6 Å². The van der Waals surface area contributed by atoms with Crippen LogP contribution in [0.4, 0.5) is 17.2 Å². The Hall–Kier alpha value is -3.17. The van der Waals surface area contributed by atoms with Gasteiger partial charge >= 0.3 is 0 Å². The van der Waals surface area contributed by atoms with E-state index in [4.69, 9.17) is 5.26 Å². The average molecular weight is 320 g/mol. The Bertz CT molecular complexity index is 834. The molecule has 5 nitrogen and oxygen atoms in total. The molecule has 0 spiro atoms. The number of aromatic nitrogens is 1. The van der Waals surface area contributed by atoms with Gasteiger partial charge in [0.15, 0.2) is 0 Å². The van der Waals surface area contributed by atoms with Crippen LogP contribution in [0.15, 0.2) is 60.1 Å². The van der Waals surface area contributed by atoms with Gasteiger partial charge in [-0.25, -0.2) is 4.98 Å². The topological polar surface area (TPSA) is 77.8 Å². The zero-order valence-corrected chi connectivity index (χ0v) is 12.8. The minimum atomic E-state index is -0.144. The second-order valence-corrected chi connectivity index (χ2v) is 5.63. The summed E-state index contributed by atoms with van der Waals surface area (Å²) in [5.74, 6) is 0.512. The molecule has 0 aliphatic carbocycles. The molecule has 3 aromatic rings. The number of thiophene rings is 1. The van der Waals surface area contributed by atoms with Crippen molar-refractivity contribution in [1.29, 1.82) is 5.26 Å². The molecule has 0 atom stereocenters. The first-order valence-corrected chi connectivity index (χ1v) is 7.71. The van der Waals surface area contributed by atoms with Crippen LogP contribution in [0, 0.1) is 11.3 Å². The molecule has 1 amide bonds. The number of nitrogens with one attached hydrogen (secondary N) is 2. The first-order valence-electron chi connectivity index (χ1n) is 6.83. The molecule has 0 unspecified atom stereocenters. The molecular weight excluding hydrogens is 308 g/mol. The maximum atomic E-state index is 11.9. The number of pyridine rings is 1. The number of benzene rings is 1. The number of nitriles is 1. The summed E-state index contributed by atoms with van der Waals surface area (Å²) in [6.45, 7) is 0. The summed E-state index contributed by atoms with van der Waals surface area (Å²) < 4.78 is 0. The first kappa shape index (κ1) is 14.8. The third-order valence-corrected chi connectivity index (χ3v) is 3.92. The van der Waals surface area contributed by atoms with Gasteiger partial charge in [-0.1, -0.05) is 6.07 Å². The molecule has 0 bridgehead atoms. The molecule has 0 fully saturated rings. The van der Waals surface area contributed by atoms with Gasteiger partial charge in [-0.15, -0.1) is 11.3 Å². The van der Waals surface area contributed by atoms with Gasteiger partial charge in [0.05, 0.1) is 28.4 Å². The van der Waals surface area contributed by atoms with E-state index in [9.17, 15) is 4.79 Å². The van der Waals surface area contributed by atoms with E-state index < -0.39 is 0 Å². The average Bonchev–Trinajstić information content (AvgIpc) is 3.12. The normalized spacial score (nSPS) is 9.87. The molecule has 3 rings (SSSR count). The lowest BCUT2D eigenvalue weighted by atomic mass is 10.2. The Labute approximate surface area is 137 Å². The van der Waals surface area contributed by atoms with Crippen molar-refractivity contribution in [3.63, 3.8) is 0 Å². The van der Waals surface area contributed by atoms with Crippen molar-refractivity contribution < 1.29 is 4.79 Å². The molecule has 112 valence electrons. The van der Waals surface area contributed by atoms with Gasteiger partial charge in [-0.05, 0) is 47.8 Å². The van der Waals surface area contributed by atoms with E-state index in [1.807, 2.05) is 23.6 Å². The van der Waals surface area contributed by atoms with Gasteiger partial charge in [0, 0.05) is 5.69 Å². The monoisotopic (exact) mass is 320 g/mol. The fourth-order valence-corrected chi connectivity index (χ4v) is 2.54. The zero-order chi connectivity index (χ0) is 16.1. The summed E-state index contributed by atoms with van der Waals surface area (Å²) in [7, 11) is 0. The van der Waals surface area contributed by atoms with Crippen LogP contribution in [-0.4, -0.2) is 10.9 Å². The number of hydrogen-bond acceptors (Lipinski definition) is 5. The van der Waals surface area contributed by atoms with E-state index >= 15 is 0 Å². The van der Waals surface area contributed by atoms with Gasteiger partial charge in [0.25, 0.3) is 5.91 Å². The maximum Gasteiger partial charge on any atom is 0.265 e. The number of carbonyl (C=O) groups is 1. The molecule has 0 radical (unpaired) electrons. The number of rotatable bonds is 4. The predicted octanol–water partition coefficient (Wildman–Crippen LogP) is 4.01. The van der Waals surface area contributed by atoms with Crippen LogP contribution in [0.2, 0.25) is 0 Å². The quantitative estimate of drug-likeness (QED) is 0.761. The van der Waals surface area contributed by atoms with Crippen LogP contribution in [0.5, 0.6) is 0 Å². The summed E-state index contributed by atoms with van der Waals surface area (Å²) in [5, 5.41) is 16.6. The van der Waals surface area contributed by atoms with E-state index in [2.05, 4.69) is 21.7 Å². The van der Waals surface area contributed by atoms with E-state index in [0.29, 0.717) is 21.9 Å². The SMILES string of the molecule is N#Cc1ccc(Nc2ccc(NC(=O)c3cccs3)cn2)cc1. The number of nitrogens with zero attached hydrogens (tertiary/aromatic N) is 2. The zero-order valence-electron chi connectivity index (χ0n) is 12.0. The molecule has 1 aromatic carbocycles. The summed E-state index contributed by atoms with van der Waals surface area (Å²) in [5.41, 5.74) is 2.08. The second-order valence-electron chi connectivity index (χ2n) is 4.68. The molecule has 0 aliphatic heterocycles. The van der Waals surface area contributed by atoms with Crippen molar-refractivity contribution in [2.75, 3.05) is 10.6 Å². The van der Waals surface area contributed by atoms with E-state index in [1.54, 1.807) is 36.5 Å². The first-order chi connectivity index (χ1) is 11.2. The standard InChI is InChI=1S/C17H12N4OS/c18-10-12-3-5-13(6-4-12)20-16-8-7-14(11-19-16)21-17(22)15-2-1-9-23-15/h1-9,11H,(H,19,20)(H,21,22). The van der Waals surface area contributed by atoms with Crippen LogP contribution >= 0.6 is 11.3 Å². The van der Waals surface area contributed by atoms with E-state index in [-0.39, 0.29) is 5.91 Å². The number of hydrogen-bond donors (Lipinski definition) is 2. The Morgan fingerprint density at radius 1 is 1.09 bits per heavy atom. The number of carbonyl (C=O) groups excluding carboxylic acids is 1. The van der Waals surface area contributed by atoms with Crippen LogP contribution in [0.3, 0.4) is 0 Å². The molecule has 2 aromatic heterocycles. The third kappa shape index (κ3) is 3.73. The van der Waals surface area contributed by atoms with Crippen LogP contribution in [0.25, 0.3) is 0 Å². The van der Waals surface area contributed by atoms with Gasteiger partial charge in [0.1, 0.15) is 5.82 Å². The molecule has 6 heteroatoms. The fourth-order valence-electron chi connectivity index (χ4n) is 1.92. The Morgan fingerprint density at radius 3 is 2.48 bits per heavy atom. The smallest absolute Gasteiger partial charge is 0.265 e. The Kier molecular flexibility index (Phi) is 4.32. The second kappa shape index (κ2) is 6.73. The van der Waals surface area contributed by atoms with Crippen LogP contribution in [0.1, 0.15) is 15.2 Å². The minimum absolute atomic E-state index is 0.144. The summed E-state index contributed by atoms with van der Waals surface area (Å²) in [6, 6.07) is 16.3. The summed E-state index contributed by atoms with van der Waals surface area (Å²) in [6.07, 6.45) is 1.59. The molecule has 2 N–H and O–H groups in total. The van der Waals surface area contributed by atoms with Crippen molar-refractivity contribution in [1.82, 2.24) is 4.98 Å². The highest BCUT2D eigenvalue weighted by molar-refractivity contribution is 7.12. The molecule has 0 aliphatic rings. The molecule has 2 heterocycles. The van der Waals surface area contributed by atoms with E-state index in [0.717, 1.165) is 5.69 Å². The lowest BCUT2D eigenvalue weighted by Crippen LogP contribution is -2.10. The molecular formula is C17H12N4OS. The minimum Gasteiger partial charge on any atom is -0.340 e. The van der Waals surface area contributed by atoms with Crippen molar-refractivity contribution in [2.45, 2.75) is 0 Å². The number of anilines is 3. The highest BCUT2D eigenvalue weighted by Crippen LogP contribution is 2.18. The molecule has 23 heavy (non-hydrogen) atoms. The van der Waals surface area contributed by atoms with Crippen LogP contribution < -0.4 is 10.6 Å². The highest BCUT2D eigenvalue weighted by Gasteiger charge is 2.07. The van der Waals surface area contributed by atoms with Gasteiger partial charge in [-0.3, -0.25) is 4.79 Å². The van der Waals surface area contributed by atoms with Crippen molar-refractivity contribution >= 4 is 34.4 Å². The lowest BCUT2D eigenvalue weighted by Gasteiger charge is -2.07. The van der Waals surface area contributed by atoms with Gasteiger partial charge in [0.2, 0.25) is 0 Å². The van der Waals surface area contributed by atoms with Crippen molar-refractivity contribution in [2.24, 2.45) is 0 Å². The van der Waals surface area contributed by atoms with E-state index in [1.165, 1.54) is 11.3 Å². The summed E-state index contributed by atoms with van der Waals surface area (Å²) in [4.78, 5) is 16.9. The Morgan fingerprint density at radius 2 is 1.87 bits per heavy atom. The van der Waals surface area contributed by atoms with Gasteiger partial charge in [-0.2, -0.15) is 5.26 Å². The Balaban J connectivity index is 1.64. The lowest BCUT2D eigenvalue weighted by molar-refractivity contribution is 0.103. The van der Waals surface area contributed by atoms with Crippen molar-refractivity contribution in [3.8, 4) is 6.07 Å². The third-order valence-electron chi connectivity index (χ3n) is 3.05. The fraction of sp³-hybridized carbons (Fsp3) is 0. The maximum absolute atomic E-state index is 11.9. The predicted molar refractivity (Wildman–Crippen MR) is 90.9 cm³/mol. The van der Waals surface area contributed by atoms with Crippen molar-refractivity contribution in [3.05, 3.63) is 70.5 Å². The molecule has 0 saturated heterocycles.